The van der Waals surface area contributed by atoms with Gasteiger partial charge in [0.05, 0.1) is 0 Å². The summed E-state index contributed by atoms with van der Waals surface area (Å²) < 4.78 is 18.5. The van der Waals surface area contributed by atoms with Gasteiger partial charge in [-0.25, -0.2) is 4.79 Å². The third-order valence-corrected chi connectivity index (χ3v) is 7.17. The van der Waals surface area contributed by atoms with E-state index in [-0.39, 0.29) is 0 Å². The van der Waals surface area contributed by atoms with E-state index in [0.29, 0.717) is 17.6 Å². The summed E-state index contributed by atoms with van der Waals surface area (Å²) in [5.41, 5.74) is 0.578. The van der Waals surface area contributed by atoms with Gasteiger partial charge < -0.3 is 14.6 Å². The molecule has 0 aromatic heterocycles. The standard InChI is InChI=1S/C21H27IO5/c22-16-11-12-18-17(13-16)21(14-7-3-1-4-8-14,15-9-5-2-6-10-15)27-20(25-18)26-19(23)24/h11-15,20H,1-10H2,(H,23,24). The van der Waals surface area contributed by atoms with Crippen molar-refractivity contribution in [1.29, 1.82) is 0 Å². The van der Waals surface area contributed by atoms with Crippen molar-refractivity contribution in [2.45, 2.75) is 76.3 Å². The number of fused-ring (bicyclic) bond motifs is 1. The summed E-state index contributed by atoms with van der Waals surface area (Å²) in [5, 5.41) is 9.17. The van der Waals surface area contributed by atoms with Gasteiger partial charge in [-0.05, 0) is 78.3 Å². The van der Waals surface area contributed by atoms with Crippen LogP contribution in [-0.4, -0.2) is 17.7 Å². The average molecular weight is 486 g/mol. The molecule has 27 heavy (non-hydrogen) atoms. The largest absolute Gasteiger partial charge is 0.510 e. The lowest BCUT2D eigenvalue weighted by molar-refractivity contribution is -0.324. The van der Waals surface area contributed by atoms with Gasteiger partial charge in [0.1, 0.15) is 11.4 Å². The van der Waals surface area contributed by atoms with Gasteiger partial charge in [-0.1, -0.05) is 38.5 Å². The molecule has 1 N–H and O–H groups in total. The third kappa shape index (κ3) is 3.79. The average Bonchev–Trinajstić information content (AvgIpc) is 2.68. The highest BCUT2D eigenvalue weighted by Crippen LogP contribution is 2.56. The second kappa shape index (κ2) is 8.15. The molecule has 4 rings (SSSR count). The molecule has 1 aromatic rings. The second-order valence-corrected chi connectivity index (χ2v) is 9.26. The molecular formula is C21H27IO5. The zero-order valence-corrected chi connectivity index (χ0v) is 17.7. The topological polar surface area (TPSA) is 65.0 Å². The van der Waals surface area contributed by atoms with Crippen LogP contribution in [0.25, 0.3) is 0 Å². The Morgan fingerprint density at radius 3 is 2.19 bits per heavy atom. The Bertz CT molecular complexity index is 661. The summed E-state index contributed by atoms with van der Waals surface area (Å²) in [5.74, 6) is 1.45. The quantitative estimate of drug-likeness (QED) is 0.417. The Labute approximate surface area is 173 Å². The Kier molecular flexibility index (Phi) is 5.83. The first kappa shape index (κ1) is 19.3. The van der Waals surface area contributed by atoms with Crippen LogP contribution in [0.2, 0.25) is 0 Å². The van der Waals surface area contributed by atoms with Crippen molar-refractivity contribution in [3.8, 4) is 5.75 Å². The SMILES string of the molecule is O=C(O)OC1Oc2ccc(I)cc2C(C2CCCCC2)(C2CCCCC2)O1. The van der Waals surface area contributed by atoms with E-state index in [2.05, 4.69) is 28.7 Å². The highest BCUT2D eigenvalue weighted by Gasteiger charge is 2.54. The van der Waals surface area contributed by atoms with Crippen LogP contribution in [0, 0.1) is 15.4 Å². The van der Waals surface area contributed by atoms with Crippen LogP contribution >= 0.6 is 22.6 Å². The van der Waals surface area contributed by atoms with Gasteiger partial charge in [0, 0.05) is 9.13 Å². The minimum atomic E-state index is -1.37. The molecule has 6 heteroatoms. The number of ether oxygens (including phenoxy) is 3. The predicted octanol–water partition coefficient (Wildman–Crippen LogP) is 6.03. The first-order chi connectivity index (χ1) is 13.1. The summed E-state index contributed by atoms with van der Waals surface area (Å²) in [7, 11) is 0. The van der Waals surface area contributed by atoms with E-state index in [1.54, 1.807) is 0 Å². The molecule has 5 nitrogen and oxygen atoms in total. The predicted molar refractivity (Wildman–Crippen MR) is 109 cm³/mol. The Hall–Kier alpha value is -1.02. The molecular weight excluding hydrogens is 459 g/mol. The number of halogens is 1. The molecule has 1 aromatic carbocycles. The summed E-state index contributed by atoms with van der Waals surface area (Å²) in [6, 6.07) is 6.11. The summed E-state index contributed by atoms with van der Waals surface area (Å²) in [6.07, 6.45) is 10.4. The number of rotatable bonds is 3. The van der Waals surface area contributed by atoms with E-state index in [1.165, 1.54) is 38.5 Å². The van der Waals surface area contributed by atoms with E-state index < -0.39 is 18.2 Å². The molecule has 0 bridgehead atoms. The normalized spacial score (nSPS) is 26.0. The fourth-order valence-electron chi connectivity index (χ4n) is 5.42. The highest BCUT2D eigenvalue weighted by atomic mass is 127. The Morgan fingerprint density at radius 1 is 1.04 bits per heavy atom. The first-order valence-electron chi connectivity index (χ1n) is 10.1. The minimum Gasteiger partial charge on any atom is -0.450 e. The van der Waals surface area contributed by atoms with Crippen molar-refractivity contribution in [3.05, 3.63) is 27.3 Å². The molecule has 148 valence electrons. The fourth-order valence-corrected chi connectivity index (χ4v) is 5.91. The van der Waals surface area contributed by atoms with Gasteiger partial charge in [0.25, 0.3) is 0 Å². The molecule has 2 fully saturated rings. The van der Waals surface area contributed by atoms with Gasteiger partial charge in [0.2, 0.25) is 0 Å². The van der Waals surface area contributed by atoms with Crippen molar-refractivity contribution in [2.24, 2.45) is 11.8 Å². The van der Waals surface area contributed by atoms with E-state index in [1.807, 2.05) is 12.1 Å². The maximum atomic E-state index is 11.2. The molecule has 3 aliphatic rings. The van der Waals surface area contributed by atoms with Crippen LogP contribution < -0.4 is 4.74 Å². The van der Waals surface area contributed by atoms with E-state index in [0.717, 1.165) is 34.8 Å². The lowest BCUT2D eigenvalue weighted by Crippen LogP contribution is -2.53. The van der Waals surface area contributed by atoms with Crippen LogP contribution in [0.5, 0.6) is 5.75 Å². The molecule has 1 aliphatic heterocycles. The van der Waals surface area contributed by atoms with E-state index >= 15 is 0 Å². The summed E-state index contributed by atoms with van der Waals surface area (Å²) >= 11 is 2.33. The van der Waals surface area contributed by atoms with Crippen molar-refractivity contribution in [1.82, 2.24) is 0 Å². The Balaban J connectivity index is 1.82. The van der Waals surface area contributed by atoms with Crippen LogP contribution in [0.3, 0.4) is 0 Å². The molecule has 0 amide bonds. The van der Waals surface area contributed by atoms with Gasteiger partial charge >= 0.3 is 12.6 Å². The van der Waals surface area contributed by atoms with Gasteiger partial charge in [-0.2, -0.15) is 0 Å². The van der Waals surface area contributed by atoms with Crippen LogP contribution in [0.1, 0.15) is 69.8 Å². The van der Waals surface area contributed by atoms with Gasteiger partial charge in [-0.15, -0.1) is 0 Å². The lowest BCUT2D eigenvalue weighted by atomic mass is 9.63. The number of benzene rings is 1. The van der Waals surface area contributed by atoms with Crippen LogP contribution in [0.4, 0.5) is 4.79 Å². The molecule has 1 unspecified atom stereocenters. The Morgan fingerprint density at radius 2 is 1.63 bits per heavy atom. The lowest BCUT2D eigenvalue weighted by Gasteiger charge is -2.52. The molecule has 2 saturated carbocycles. The number of carboxylic acid groups (broad SMARTS) is 1. The molecule has 1 heterocycles. The fraction of sp³-hybridized carbons (Fsp3) is 0.667. The smallest absolute Gasteiger partial charge is 0.450 e. The number of hydrogen-bond acceptors (Lipinski definition) is 4. The highest BCUT2D eigenvalue weighted by molar-refractivity contribution is 14.1. The second-order valence-electron chi connectivity index (χ2n) is 8.01. The molecule has 2 aliphatic carbocycles. The maximum absolute atomic E-state index is 11.2. The molecule has 0 saturated heterocycles. The minimum absolute atomic E-state index is 0.370. The van der Waals surface area contributed by atoms with Crippen molar-refractivity contribution in [2.75, 3.05) is 0 Å². The van der Waals surface area contributed by atoms with Gasteiger partial charge in [-0.3, -0.25) is 4.74 Å². The maximum Gasteiger partial charge on any atom is 0.510 e. The summed E-state index contributed by atoms with van der Waals surface area (Å²) in [4.78, 5) is 11.2. The zero-order chi connectivity index (χ0) is 18.9. The van der Waals surface area contributed by atoms with Crippen molar-refractivity contribution < 1.29 is 24.1 Å². The first-order valence-corrected chi connectivity index (χ1v) is 11.2. The van der Waals surface area contributed by atoms with Crippen molar-refractivity contribution in [3.63, 3.8) is 0 Å². The van der Waals surface area contributed by atoms with Gasteiger partial charge in [0.15, 0.2) is 0 Å². The van der Waals surface area contributed by atoms with E-state index in [4.69, 9.17) is 19.3 Å². The molecule has 0 radical (unpaired) electrons. The van der Waals surface area contributed by atoms with E-state index in [9.17, 15) is 4.79 Å². The molecule has 0 spiro atoms. The van der Waals surface area contributed by atoms with Crippen molar-refractivity contribution >= 4 is 28.7 Å². The summed E-state index contributed by atoms with van der Waals surface area (Å²) in [6.45, 7) is -1.20. The zero-order valence-electron chi connectivity index (χ0n) is 15.5. The van der Waals surface area contributed by atoms with Crippen LogP contribution in [0.15, 0.2) is 18.2 Å². The monoisotopic (exact) mass is 486 g/mol. The number of hydrogen-bond donors (Lipinski definition) is 1. The molecule has 1 atom stereocenters. The third-order valence-electron chi connectivity index (χ3n) is 6.50. The number of carbonyl (C=O) groups is 1. The van der Waals surface area contributed by atoms with Crippen LogP contribution in [-0.2, 0) is 15.1 Å².